The van der Waals surface area contributed by atoms with Crippen LogP contribution in [-0.2, 0) is 17.6 Å². The van der Waals surface area contributed by atoms with Crippen LogP contribution in [0.2, 0.25) is 0 Å². The summed E-state index contributed by atoms with van der Waals surface area (Å²) in [4.78, 5) is 28.6. The number of aromatic nitrogens is 1. The molecule has 0 aliphatic rings. The summed E-state index contributed by atoms with van der Waals surface area (Å²) < 4.78 is 11.2. The summed E-state index contributed by atoms with van der Waals surface area (Å²) in [6.07, 6.45) is 2.63. The van der Waals surface area contributed by atoms with E-state index in [0.29, 0.717) is 29.9 Å². The molecule has 1 amide bonds. The van der Waals surface area contributed by atoms with Crippen molar-refractivity contribution in [1.29, 1.82) is 0 Å². The van der Waals surface area contributed by atoms with Crippen LogP contribution in [0.5, 0.6) is 5.75 Å². The van der Waals surface area contributed by atoms with E-state index in [1.807, 2.05) is 57.3 Å². The minimum absolute atomic E-state index is 0.0315. The molecule has 2 aromatic heterocycles. The first-order valence-corrected chi connectivity index (χ1v) is 11.0. The molecule has 0 radical (unpaired) electrons. The Labute approximate surface area is 192 Å². The van der Waals surface area contributed by atoms with Crippen LogP contribution in [0.15, 0.2) is 70.0 Å². The number of rotatable bonds is 8. The SMILES string of the molecule is C=C(C)COc1ccc2c(C)c(CC(=O)N[C@@H](C)Cc3c[nH]c4ccccc34)c(=O)oc2c1. The molecule has 0 saturated carbocycles. The van der Waals surface area contributed by atoms with Crippen LogP contribution in [0.1, 0.15) is 30.5 Å². The highest BCUT2D eigenvalue weighted by atomic mass is 16.5. The van der Waals surface area contributed by atoms with Gasteiger partial charge in [0.25, 0.3) is 0 Å². The third-order valence-corrected chi connectivity index (χ3v) is 5.69. The van der Waals surface area contributed by atoms with Gasteiger partial charge in [0.05, 0.1) is 12.0 Å². The number of aryl methyl sites for hydroxylation is 1. The van der Waals surface area contributed by atoms with Crippen molar-refractivity contribution in [2.24, 2.45) is 0 Å². The molecule has 0 bridgehead atoms. The molecule has 0 aliphatic heterocycles. The molecule has 2 N–H and O–H groups in total. The van der Waals surface area contributed by atoms with Crippen molar-refractivity contribution < 1.29 is 13.9 Å². The number of ether oxygens (including phenoxy) is 1. The topological polar surface area (TPSA) is 84.3 Å². The van der Waals surface area contributed by atoms with Crippen LogP contribution in [0.4, 0.5) is 0 Å². The molecule has 0 spiro atoms. The lowest BCUT2D eigenvalue weighted by atomic mass is 10.0. The number of aromatic amines is 1. The van der Waals surface area contributed by atoms with Crippen molar-refractivity contribution >= 4 is 27.8 Å². The van der Waals surface area contributed by atoms with E-state index in [1.54, 1.807) is 6.07 Å². The molecule has 2 heterocycles. The lowest BCUT2D eigenvalue weighted by Gasteiger charge is -2.14. The van der Waals surface area contributed by atoms with Gasteiger partial charge in [0, 0.05) is 34.6 Å². The molecule has 1 atom stereocenters. The Bertz CT molecular complexity index is 1400. The van der Waals surface area contributed by atoms with Crippen LogP contribution in [0.25, 0.3) is 21.9 Å². The highest BCUT2D eigenvalue weighted by Crippen LogP contribution is 2.25. The van der Waals surface area contributed by atoms with E-state index in [4.69, 9.17) is 9.15 Å². The zero-order valence-corrected chi connectivity index (χ0v) is 19.2. The number of H-pyrrole nitrogens is 1. The van der Waals surface area contributed by atoms with Gasteiger partial charge in [-0.3, -0.25) is 4.79 Å². The molecule has 4 aromatic rings. The lowest BCUT2D eigenvalue weighted by molar-refractivity contribution is -0.121. The minimum Gasteiger partial charge on any atom is -0.489 e. The van der Waals surface area contributed by atoms with E-state index in [1.165, 1.54) is 0 Å². The quantitative estimate of drug-likeness (QED) is 0.301. The fourth-order valence-corrected chi connectivity index (χ4v) is 4.04. The van der Waals surface area contributed by atoms with Crippen LogP contribution in [0, 0.1) is 6.92 Å². The molecule has 0 aliphatic carbocycles. The molecule has 4 rings (SSSR count). The summed E-state index contributed by atoms with van der Waals surface area (Å²) in [6.45, 7) is 9.89. The minimum atomic E-state index is -0.503. The van der Waals surface area contributed by atoms with Crippen LogP contribution in [0.3, 0.4) is 0 Å². The van der Waals surface area contributed by atoms with Crippen LogP contribution >= 0.6 is 0 Å². The standard InChI is InChI=1S/C27H28N2O4/c1-16(2)15-32-20-9-10-21-18(4)23(27(31)33-25(21)12-20)13-26(30)29-17(3)11-19-14-28-24-8-6-5-7-22(19)24/h5-10,12,14,17,28H,1,11,13,15H2,2-4H3,(H,29,30)/t17-/m0/s1. The third-order valence-electron chi connectivity index (χ3n) is 5.69. The molecular weight excluding hydrogens is 416 g/mol. The average molecular weight is 445 g/mol. The Balaban J connectivity index is 1.47. The number of amides is 1. The second-order valence-corrected chi connectivity index (χ2v) is 8.61. The van der Waals surface area contributed by atoms with Crippen molar-refractivity contribution in [2.45, 2.75) is 39.7 Å². The second kappa shape index (κ2) is 9.36. The monoisotopic (exact) mass is 444 g/mol. The van der Waals surface area contributed by atoms with Gasteiger partial charge in [0.15, 0.2) is 0 Å². The first-order valence-electron chi connectivity index (χ1n) is 11.0. The van der Waals surface area contributed by atoms with E-state index in [-0.39, 0.29) is 18.4 Å². The molecule has 6 nitrogen and oxygen atoms in total. The predicted molar refractivity (Wildman–Crippen MR) is 131 cm³/mol. The van der Waals surface area contributed by atoms with Crippen LogP contribution in [-0.4, -0.2) is 23.5 Å². The zero-order valence-electron chi connectivity index (χ0n) is 19.2. The summed E-state index contributed by atoms with van der Waals surface area (Å²) in [5, 5.41) is 4.94. The van der Waals surface area contributed by atoms with Crippen molar-refractivity contribution in [3.05, 3.63) is 87.9 Å². The van der Waals surface area contributed by atoms with Gasteiger partial charge >= 0.3 is 5.63 Å². The number of carbonyl (C=O) groups is 1. The van der Waals surface area contributed by atoms with Crippen molar-refractivity contribution in [1.82, 2.24) is 10.3 Å². The predicted octanol–water partition coefficient (Wildman–Crippen LogP) is 4.83. The van der Waals surface area contributed by atoms with Gasteiger partial charge in [-0.2, -0.15) is 0 Å². The maximum absolute atomic E-state index is 12.7. The van der Waals surface area contributed by atoms with E-state index < -0.39 is 5.63 Å². The van der Waals surface area contributed by atoms with Gasteiger partial charge in [-0.25, -0.2) is 4.79 Å². The molecule has 6 heteroatoms. The first-order chi connectivity index (χ1) is 15.8. The van der Waals surface area contributed by atoms with Crippen molar-refractivity contribution in [3.63, 3.8) is 0 Å². The van der Waals surface area contributed by atoms with Gasteiger partial charge in [-0.15, -0.1) is 0 Å². The Morgan fingerprint density at radius 1 is 1.21 bits per heavy atom. The number of benzene rings is 2. The molecule has 33 heavy (non-hydrogen) atoms. The number of para-hydroxylation sites is 1. The van der Waals surface area contributed by atoms with Gasteiger partial charge in [-0.1, -0.05) is 24.8 Å². The van der Waals surface area contributed by atoms with Gasteiger partial charge in [0.1, 0.15) is 17.9 Å². The van der Waals surface area contributed by atoms with Crippen LogP contribution < -0.4 is 15.7 Å². The Morgan fingerprint density at radius 2 is 2.00 bits per heavy atom. The maximum atomic E-state index is 12.7. The zero-order chi connectivity index (χ0) is 23.5. The highest BCUT2D eigenvalue weighted by molar-refractivity contribution is 5.86. The number of hydrogen-bond acceptors (Lipinski definition) is 4. The molecule has 0 unspecified atom stereocenters. The normalized spacial score (nSPS) is 12.1. The van der Waals surface area contributed by atoms with Crippen molar-refractivity contribution in [2.75, 3.05) is 6.61 Å². The number of nitrogens with one attached hydrogen (secondary N) is 2. The molecular formula is C27H28N2O4. The number of carbonyl (C=O) groups excluding carboxylic acids is 1. The summed E-state index contributed by atoms with van der Waals surface area (Å²) in [6, 6.07) is 13.4. The first kappa shape index (κ1) is 22.4. The van der Waals surface area contributed by atoms with E-state index >= 15 is 0 Å². The van der Waals surface area contributed by atoms with Gasteiger partial charge in [0.2, 0.25) is 5.91 Å². The Kier molecular flexibility index (Phi) is 6.36. The average Bonchev–Trinajstić information content (AvgIpc) is 3.17. The van der Waals surface area contributed by atoms with Crippen molar-refractivity contribution in [3.8, 4) is 5.75 Å². The largest absolute Gasteiger partial charge is 0.489 e. The van der Waals surface area contributed by atoms with E-state index in [9.17, 15) is 9.59 Å². The summed E-state index contributed by atoms with van der Waals surface area (Å²) in [5.74, 6) is 0.392. The fraction of sp³-hybridized carbons (Fsp3) is 0.259. The summed E-state index contributed by atoms with van der Waals surface area (Å²) >= 11 is 0. The molecule has 0 fully saturated rings. The molecule has 170 valence electrons. The summed E-state index contributed by atoms with van der Waals surface area (Å²) in [5.41, 5.74) is 4.16. The number of fused-ring (bicyclic) bond motifs is 2. The lowest BCUT2D eigenvalue weighted by Crippen LogP contribution is -2.36. The van der Waals surface area contributed by atoms with E-state index in [0.717, 1.165) is 33.0 Å². The Morgan fingerprint density at radius 3 is 2.79 bits per heavy atom. The highest BCUT2D eigenvalue weighted by Gasteiger charge is 2.17. The second-order valence-electron chi connectivity index (χ2n) is 8.61. The third kappa shape index (κ3) is 5.00. The van der Waals surface area contributed by atoms with Gasteiger partial charge in [-0.05, 0) is 62.1 Å². The fourth-order valence-electron chi connectivity index (χ4n) is 4.04. The van der Waals surface area contributed by atoms with Gasteiger partial charge < -0.3 is 19.5 Å². The summed E-state index contributed by atoms with van der Waals surface area (Å²) in [7, 11) is 0. The molecule has 2 aromatic carbocycles. The van der Waals surface area contributed by atoms with E-state index in [2.05, 4.69) is 22.9 Å². The Hall–Kier alpha value is -3.80. The smallest absolute Gasteiger partial charge is 0.340 e. The number of hydrogen-bond donors (Lipinski definition) is 2. The maximum Gasteiger partial charge on any atom is 0.340 e. The molecule has 0 saturated heterocycles.